The van der Waals surface area contributed by atoms with Crippen LogP contribution in [0, 0.1) is 17.0 Å². The molecule has 1 unspecified atom stereocenters. The molecule has 1 aliphatic rings. The van der Waals surface area contributed by atoms with Crippen molar-refractivity contribution in [1.82, 2.24) is 5.32 Å². The molecule has 1 aliphatic heterocycles. The molecule has 1 fully saturated rings. The van der Waals surface area contributed by atoms with E-state index in [0.717, 1.165) is 18.6 Å². The van der Waals surface area contributed by atoms with E-state index in [9.17, 15) is 8.78 Å². The average molecular weight is 271 g/mol. The van der Waals surface area contributed by atoms with Gasteiger partial charge in [0.1, 0.15) is 11.6 Å². The summed E-state index contributed by atoms with van der Waals surface area (Å²) in [5.41, 5.74) is 0.233. The zero-order valence-electron chi connectivity index (χ0n) is 10.8. The molecule has 5 heteroatoms. The van der Waals surface area contributed by atoms with E-state index in [1.807, 2.05) is 0 Å². The van der Waals surface area contributed by atoms with Crippen LogP contribution in [0.3, 0.4) is 0 Å². The molecule has 1 saturated heterocycles. The Morgan fingerprint density at radius 3 is 2.89 bits per heavy atom. The molecule has 0 bridgehead atoms. The summed E-state index contributed by atoms with van der Waals surface area (Å²) in [6, 6.07) is 3.44. The van der Waals surface area contributed by atoms with E-state index in [2.05, 4.69) is 5.32 Å². The predicted molar refractivity (Wildman–Crippen MR) is 67.6 cm³/mol. The van der Waals surface area contributed by atoms with Crippen LogP contribution in [0.25, 0.3) is 0 Å². The molecule has 19 heavy (non-hydrogen) atoms. The van der Waals surface area contributed by atoms with Crippen molar-refractivity contribution in [2.75, 3.05) is 26.4 Å². The van der Waals surface area contributed by atoms with E-state index in [-0.39, 0.29) is 18.6 Å². The molecular weight excluding hydrogens is 252 g/mol. The molecule has 1 atom stereocenters. The predicted octanol–water partition coefficient (Wildman–Crippen LogP) is 1.84. The third-order valence-corrected chi connectivity index (χ3v) is 3.65. The van der Waals surface area contributed by atoms with Gasteiger partial charge >= 0.3 is 0 Å². The topological polar surface area (TPSA) is 41.5 Å². The number of ether oxygens (including phenoxy) is 1. The van der Waals surface area contributed by atoms with Crippen molar-refractivity contribution in [2.24, 2.45) is 5.41 Å². The van der Waals surface area contributed by atoms with Gasteiger partial charge in [0.05, 0.1) is 6.61 Å². The smallest absolute Gasteiger partial charge is 0.127 e. The Morgan fingerprint density at radius 1 is 1.37 bits per heavy atom. The van der Waals surface area contributed by atoms with E-state index in [4.69, 9.17) is 9.84 Å². The van der Waals surface area contributed by atoms with E-state index < -0.39 is 11.6 Å². The fourth-order valence-corrected chi connectivity index (χ4v) is 2.45. The minimum absolute atomic E-state index is 0.0848. The number of aliphatic hydroxyl groups is 1. The lowest BCUT2D eigenvalue weighted by atomic mass is 9.84. The van der Waals surface area contributed by atoms with Gasteiger partial charge in [-0.3, -0.25) is 0 Å². The van der Waals surface area contributed by atoms with Crippen molar-refractivity contribution < 1.29 is 18.6 Å². The molecule has 106 valence electrons. The first kappa shape index (κ1) is 14.4. The van der Waals surface area contributed by atoms with Gasteiger partial charge in [0.2, 0.25) is 0 Å². The molecule has 1 aromatic carbocycles. The lowest BCUT2D eigenvalue weighted by molar-refractivity contribution is 0.124. The molecule has 0 amide bonds. The minimum Gasteiger partial charge on any atom is -0.396 e. The summed E-state index contributed by atoms with van der Waals surface area (Å²) >= 11 is 0. The molecule has 0 spiro atoms. The standard InChI is InChI=1S/C14H19F2NO2/c15-12-1-2-13(16)11(7-12)8-17-9-14(3-5-18)4-6-19-10-14/h1-2,7,17-18H,3-6,8-10H2. The van der Waals surface area contributed by atoms with Crippen LogP contribution in [-0.4, -0.2) is 31.5 Å². The summed E-state index contributed by atoms with van der Waals surface area (Å²) in [5, 5.41) is 12.2. The highest BCUT2D eigenvalue weighted by atomic mass is 19.1. The van der Waals surface area contributed by atoms with Crippen molar-refractivity contribution in [3.8, 4) is 0 Å². The number of hydrogen-bond donors (Lipinski definition) is 2. The largest absolute Gasteiger partial charge is 0.396 e. The van der Waals surface area contributed by atoms with Gasteiger partial charge in [-0.1, -0.05) is 0 Å². The number of nitrogens with one attached hydrogen (secondary N) is 1. The molecule has 3 nitrogen and oxygen atoms in total. The molecule has 2 rings (SSSR count). The maximum Gasteiger partial charge on any atom is 0.127 e. The monoisotopic (exact) mass is 271 g/mol. The number of aliphatic hydroxyl groups excluding tert-OH is 1. The molecule has 2 N–H and O–H groups in total. The molecule has 0 radical (unpaired) electrons. The molecule has 0 aliphatic carbocycles. The lowest BCUT2D eigenvalue weighted by Crippen LogP contribution is -2.35. The first-order valence-corrected chi connectivity index (χ1v) is 6.48. The van der Waals surface area contributed by atoms with Crippen molar-refractivity contribution >= 4 is 0 Å². The highest BCUT2D eigenvalue weighted by Crippen LogP contribution is 2.31. The Kier molecular flexibility index (Phi) is 4.85. The van der Waals surface area contributed by atoms with Crippen LogP contribution in [0.2, 0.25) is 0 Å². The van der Waals surface area contributed by atoms with Crippen molar-refractivity contribution in [2.45, 2.75) is 19.4 Å². The first-order chi connectivity index (χ1) is 9.15. The Labute approximate surface area is 111 Å². The third-order valence-electron chi connectivity index (χ3n) is 3.65. The number of benzene rings is 1. The van der Waals surface area contributed by atoms with Crippen LogP contribution in [0.1, 0.15) is 18.4 Å². The zero-order chi connectivity index (χ0) is 13.7. The van der Waals surface area contributed by atoms with E-state index >= 15 is 0 Å². The zero-order valence-corrected chi connectivity index (χ0v) is 10.8. The van der Waals surface area contributed by atoms with E-state index in [1.54, 1.807) is 0 Å². The van der Waals surface area contributed by atoms with Gasteiger partial charge in [-0.05, 0) is 31.0 Å². The quantitative estimate of drug-likeness (QED) is 0.829. The Hall–Kier alpha value is -1.04. The molecular formula is C14H19F2NO2. The van der Waals surface area contributed by atoms with Crippen LogP contribution in [0.4, 0.5) is 8.78 Å². The average Bonchev–Trinajstić information content (AvgIpc) is 2.83. The summed E-state index contributed by atoms with van der Waals surface area (Å²) in [6.07, 6.45) is 1.54. The molecule has 0 aromatic heterocycles. The van der Waals surface area contributed by atoms with Gasteiger partial charge in [0, 0.05) is 37.3 Å². The van der Waals surface area contributed by atoms with Gasteiger partial charge in [-0.25, -0.2) is 8.78 Å². The summed E-state index contributed by atoms with van der Waals surface area (Å²) in [7, 11) is 0. The summed E-state index contributed by atoms with van der Waals surface area (Å²) in [5.74, 6) is -0.847. The fraction of sp³-hybridized carbons (Fsp3) is 0.571. The highest BCUT2D eigenvalue weighted by Gasteiger charge is 2.33. The minimum atomic E-state index is -0.438. The van der Waals surface area contributed by atoms with Gasteiger partial charge in [-0.15, -0.1) is 0 Å². The number of rotatable bonds is 6. The SMILES string of the molecule is OCCC1(CNCc2cc(F)ccc2F)CCOC1. The third kappa shape index (κ3) is 3.72. The number of hydrogen-bond acceptors (Lipinski definition) is 3. The van der Waals surface area contributed by atoms with Crippen LogP contribution < -0.4 is 5.32 Å². The van der Waals surface area contributed by atoms with Crippen LogP contribution in [0.5, 0.6) is 0 Å². The van der Waals surface area contributed by atoms with Gasteiger partial charge in [0.25, 0.3) is 0 Å². The fourth-order valence-electron chi connectivity index (χ4n) is 2.45. The van der Waals surface area contributed by atoms with Crippen LogP contribution >= 0.6 is 0 Å². The summed E-state index contributed by atoms with van der Waals surface area (Å²) in [4.78, 5) is 0. The summed E-state index contributed by atoms with van der Waals surface area (Å²) in [6.45, 7) is 2.31. The van der Waals surface area contributed by atoms with Gasteiger partial charge in [0.15, 0.2) is 0 Å². The summed E-state index contributed by atoms with van der Waals surface area (Å²) < 4.78 is 31.8. The second-order valence-corrected chi connectivity index (χ2v) is 5.12. The van der Waals surface area contributed by atoms with Crippen molar-refractivity contribution in [3.05, 3.63) is 35.4 Å². The second kappa shape index (κ2) is 6.41. The molecule has 1 heterocycles. The Morgan fingerprint density at radius 2 is 2.21 bits per heavy atom. The van der Waals surface area contributed by atoms with Crippen LogP contribution in [-0.2, 0) is 11.3 Å². The van der Waals surface area contributed by atoms with E-state index in [0.29, 0.717) is 31.7 Å². The van der Waals surface area contributed by atoms with Crippen molar-refractivity contribution in [3.63, 3.8) is 0 Å². The first-order valence-electron chi connectivity index (χ1n) is 6.48. The lowest BCUT2D eigenvalue weighted by Gasteiger charge is -2.26. The van der Waals surface area contributed by atoms with Gasteiger partial charge < -0.3 is 15.2 Å². The van der Waals surface area contributed by atoms with Crippen molar-refractivity contribution in [1.29, 1.82) is 0 Å². The van der Waals surface area contributed by atoms with Gasteiger partial charge in [-0.2, -0.15) is 0 Å². The Bertz CT molecular complexity index is 420. The maximum absolute atomic E-state index is 13.4. The number of halogens is 2. The molecule has 1 aromatic rings. The van der Waals surface area contributed by atoms with E-state index in [1.165, 1.54) is 6.07 Å². The Balaban J connectivity index is 1.90. The highest BCUT2D eigenvalue weighted by molar-refractivity contribution is 5.18. The normalized spacial score (nSPS) is 22.9. The second-order valence-electron chi connectivity index (χ2n) is 5.12. The van der Waals surface area contributed by atoms with Crippen LogP contribution in [0.15, 0.2) is 18.2 Å². The maximum atomic E-state index is 13.4. The molecule has 0 saturated carbocycles.